The highest BCUT2D eigenvalue weighted by atomic mass is 16.3. The van der Waals surface area contributed by atoms with Crippen molar-refractivity contribution >= 4 is 0 Å². The van der Waals surface area contributed by atoms with E-state index in [9.17, 15) is 5.11 Å². The highest BCUT2D eigenvalue weighted by Gasteiger charge is 2.49. The summed E-state index contributed by atoms with van der Waals surface area (Å²) in [6.07, 6.45) is 12.9. The van der Waals surface area contributed by atoms with Crippen molar-refractivity contribution in [3.8, 4) is 0 Å². The molecule has 2 nitrogen and oxygen atoms in total. The number of hydrogen-bond donors (Lipinski definition) is 2. The third kappa shape index (κ3) is 3.16. The van der Waals surface area contributed by atoms with E-state index in [1.165, 1.54) is 32.1 Å². The molecule has 1 unspecified atom stereocenters. The summed E-state index contributed by atoms with van der Waals surface area (Å²) in [7, 11) is 0. The summed E-state index contributed by atoms with van der Waals surface area (Å²) < 4.78 is 0. The maximum atomic E-state index is 11.4. The number of hydrogen-bond acceptors (Lipinski definition) is 2. The van der Waals surface area contributed by atoms with E-state index in [4.69, 9.17) is 5.73 Å². The molecule has 0 spiro atoms. The fraction of sp³-hybridized carbons (Fsp3) is 1.00. The lowest BCUT2D eigenvalue weighted by Crippen LogP contribution is -2.52. The molecule has 2 heteroatoms. The molecule has 1 atom stereocenters. The van der Waals surface area contributed by atoms with Crippen molar-refractivity contribution in [2.45, 2.75) is 90.1 Å². The van der Waals surface area contributed by atoms with E-state index in [0.717, 1.165) is 38.5 Å². The minimum absolute atomic E-state index is 0.00389. The molecule has 0 radical (unpaired) electrons. The molecule has 0 heterocycles. The molecule has 2 aliphatic rings. The van der Waals surface area contributed by atoms with Crippen molar-refractivity contribution in [2.75, 3.05) is 6.54 Å². The highest BCUT2D eigenvalue weighted by molar-refractivity contribution is 5.02. The predicted molar refractivity (Wildman–Crippen MR) is 81.0 cm³/mol. The van der Waals surface area contributed by atoms with Crippen molar-refractivity contribution < 1.29 is 5.11 Å². The topological polar surface area (TPSA) is 46.2 Å². The van der Waals surface area contributed by atoms with Crippen LogP contribution in [0.15, 0.2) is 0 Å². The monoisotopic (exact) mass is 267 g/mol. The Kier molecular flexibility index (Phi) is 4.62. The smallest absolute Gasteiger partial charge is 0.0716 e. The Balaban J connectivity index is 2.19. The molecule has 2 aliphatic carbocycles. The minimum Gasteiger partial charge on any atom is -0.389 e. The molecule has 0 amide bonds. The lowest BCUT2D eigenvalue weighted by atomic mass is 9.63. The molecule has 2 saturated carbocycles. The second kappa shape index (κ2) is 5.73. The lowest BCUT2D eigenvalue weighted by molar-refractivity contribution is -0.101. The van der Waals surface area contributed by atoms with Gasteiger partial charge >= 0.3 is 0 Å². The fourth-order valence-corrected chi connectivity index (χ4v) is 4.45. The summed E-state index contributed by atoms with van der Waals surface area (Å²) in [5.41, 5.74) is 6.08. The molecule has 0 aromatic rings. The molecule has 0 saturated heterocycles. The Labute approximate surface area is 119 Å². The van der Waals surface area contributed by atoms with Gasteiger partial charge in [0, 0.05) is 12.0 Å². The quantitative estimate of drug-likeness (QED) is 0.743. The summed E-state index contributed by atoms with van der Waals surface area (Å²) in [5.74, 6) is 0. The lowest BCUT2D eigenvalue weighted by Gasteiger charge is -2.47. The van der Waals surface area contributed by atoms with Crippen LogP contribution in [0.5, 0.6) is 0 Å². The average molecular weight is 267 g/mol. The second-order valence-electron chi connectivity index (χ2n) is 7.95. The van der Waals surface area contributed by atoms with Crippen molar-refractivity contribution in [3.05, 3.63) is 0 Å². The zero-order chi connectivity index (χ0) is 14.0. The van der Waals surface area contributed by atoms with Gasteiger partial charge in [0.15, 0.2) is 0 Å². The third-order valence-corrected chi connectivity index (χ3v) is 6.10. The first-order chi connectivity index (χ1) is 8.93. The Morgan fingerprint density at radius 3 is 2.00 bits per heavy atom. The number of aliphatic hydroxyl groups is 1. The van der Waals surface area contributed by atoms with Crippen LogP contribution in [0.25, 0.3) is 0 Å². The molecule has 2 fully saturated rings. The molecule has 3 N–H and O–H groups in total. The third-order valence-electron chi connectivity index (χ3n) is 6.10. The maximum absolute atomic E-state index is 11.4. The molecule has 0 bridgehead atoms. The van der Waals surface area contributed by atoms with Gasteiger partial charge in [-0.05, 0) is 43.9 Å². The summed E-state index contributed by atoms with van der Waals surface area (Å²) >= 11 is 0. The normalized spacial score (nSPS) is 35.4. The van der Waals surface area contributed by atoms with E-state index in [1.807, 2.05) is 0 Å². The SMILES string of the molecule is CC1(C)CCCC(O)(C2(CN)CCCCCC2)CC1. The molecule has 19 heavy (non-hydrogen) atoms. The van der Waals surface area contributed by atoms with E-state index < -0.39 is 5.60 Å². The van der Waals surface area contributed by atoms with Gasteiger partial charge in [-0.2, -0.15) is 0 Å². The largest absolute Gasteiger partial charge is 0.389 e. The van der Waals surface area contributed by atoms with Crippen LogP contribution in [0.4, 0.5) is 0 Å². The van der Waals surface area contributed by atoms with Gasteiger partial charge in [-0.15, -0.1) is 0 Å². The fourth-order valence-electron chi connectivity index (χ4n) is 4.45. The van der Waals surface area contributed by atoms with Gasteiger partial charge in [-0.3, -0.25) is 0 Å². The first-order valence-electron chi connectivity index (χ1n) is 8.36. The first kappa shape index (κ1) is 15.3. The van der Waals surface area contributed by atoms with Gasteiger partial charge < -0.3 is 10.8 Å². The van der Waals surface area contributed by atoms with Crippen LogP contribution in [0.1, 0.15) is 84.5 Å². The Hall–Kier alpha value is -0.0800. The summed E-state index contributed by atoms with van der Waals surface area (Å²) in [6, 6.07) is 0. The van der Waals surface area contributed by atoms with E-state index >= 15 is 0 Å². The van der Waals surface area contributed by atoms with Gasteiger partial charge in [-0.1, -0.05) is 46.0 Å². The van der Waals surface area contributed by atoms with E-state index in [0.29, 0.717) is 12.0 Å². The van der Waals surface area contributed by atoms with Crippen molar-refractivity contribution in [1.29, 1.82) is 0 Å². The van der Waals surface area contributed by atoms with Crippen LogP contribution in [-0.2, 0) is 0 Å². The van der Waals surface area contributed by atoms with Crippen molar-refractivity contribution in [2.24, 2.45) is 16.6 Å². The molecule has 0 aromatic heterocycles. The summed E-state index contributed by atoms with van der Waals surface area (Å²) in [5, 5.41) is 11.4. The molecule has 2 rings (SSSR count). The predicted octanol–water partition coefficient (Wildman–Crippen LogP) is 4.01. The van der Waals surface area contributed by atoms with Gasteiger partial charge in [-0.25, -0.2) is 0 Å². The Bertz CT molecular complexity index is 292. The van der Waals surface area contributed by atoms with Crippen molar-refractivity contribution in [1.82, 2.24) is 0 Å². The van der Waals surface area contributed by atoms with E-state index in [-0.39, 0.29) is 5.41 Å². The minimum atomic E-state index is -0.500. The Morgan fingerprint density at radius 2 is 1.42 bits per heavy atom. The van der Waals surface area contributed by atoms with Crippen LogP contribution < -0.4 is 5.73 Å². The molecular formula is C17H33NO. The van der Waals surface area contributed by atoms with Gasteiger partial charge in [0.1, 0.15) is 0 Å². The molecule has 112 valence electrons. The standard InChI is InChI=1S/C17H33NO/c1-15(2)8-7-11-17(19,13-12-15)16(14-18)9-5-3-4-6-10-16/h19H,3-14,18H2,1-2H3. The van der Waals surface area contributed by atoms with E-state index in [1.54, 1.807) is 0 Å². The highest BCUT2D eigenvalue weighted by Crippen LogP contribution is 2.51. The van der Waals surface area contributed by atoms with Crippen LogP contribution in [0.3, 0.4) is 0 Å². The molecule has 0 aliphatic heterocycles. The summed E-state index contributed by atoms with van der Waals surface area (Å²) in [4.78, 5) is 0. The second-order valence-corrected chi connectivity index (χ2v) is 7.95. The van der Waals surface area contributed by atoms with Crippen LogP contribution >= 0.6 is 0 Å². The number of rotatable bonds is 2. The maximum Gasteiger partial charge on any atom is 0.0716 e. The first-order valence-corrected chi connectivity index (χ1v) is 8.36. The molecule has 0 aromatic carbocycles. The summed E-state index contributed by atoms with van der Waals surface area (Å²) in [6.45, 7) is 5.37. The molecular weight excluding hydrogens is 234 g/mol. The van der Waals surface area contributed by atoms with Gasteiger partial charge in [0.05, 0.1) is 5.60 Å². The van der Waals surface area contributed by atoms with Gasteiger partial charge in [0.25, 0.3) is 0 Å². The zero-order valence-electron chi connectivity index (χ0n) is 13.0. The average Bonchev–Trinajstić information content (AvgIpc) is 2.69. The van der Waals surface area contributed by atoms with Crippen LogP contribution in [-0.4, -0.2) is 17.3 Å². The number of nitrogens with two attached hydrogens (primary N) is 1. The van der Waals surface area contributed by atoms with Crippen molar-refractivity contribution in [3.63, 3.8) is 0 Å². The van der Waals surface area contributed by atoms with Crippen LogP contribution in [0.2, 0.25) is 0 Å². The van der Waals surface area contributed by atoms with Gasteiger partial charge in [0.2, 0.25) is 0 Å². The van der Waals surface area contributed by atoms with E-state index in [2.05, 4.69) is 13.8 Å². The zero-order valence-corrected chi connectivity index (χ0v) is 13.0. The van der Waals surface area contributed by atoms with Crippen LogP contribution in [0, 0.1) is 10.8 Å². The Morgan fingerprint density at radius 1 is 0.789 bits per heavy atom.